The van der Waals surface area contributed by atoms with E-state index in [4.69, 9.17) is 9.47 Å². The predicted molar refractivity (Wildman–Crippen MR) is 130 cm³/mol. The Balaban J connectivity index is 1.08. The van der Waals surface area contributed by atoms with E-state index in [2.05, 4.69) is 20.9 Å². The number of fused-ring (bicyclic) bond motifs is 3. The number of hydrogen-bond acceptors (Lipinski definition) is 4. The molecule has 3 heterocycles. The first-order valence-corrected chi connectivity index (χ1v) is 12.2. The van der Waals surface area contributed by atoms with E-state index in [0.717, 1.165) is 87.5 Å². The Bertz CT molecular complexity index is 1070. The van der Waals surface area contributed by atoms with Crippen LogP contribution in [0.5, 0.6) is 11.6 Å². The molecule has 5 rings (SSSR count). The average molecular weight is 448 g/mol. The van der Waals surface area contributed by atoms with Gasteiger partial charge in [-0.2, -0.15) is 0 Å². The van der Waals surface area contributed by atoms with Gasteiger partial charge in [-0.05, 0) is 62.9 Å². The van der Waals surface area contributed by atoms with Crippen LogP contribution < -0.4 is 14.8 Å². The predicted octanol–water partition coefficient (Wildman–Crippen LogP) is 4.33. The van der Waals surface area contributed by atoms with Crippen LogP contribution in [0.15, 0.2) is 54.6 Å². The van der Waals surface area contributed by atoms with E-state index >= 15 is 0 Å². The number of likely N-dealkylation sites (tertiary alicyclic amines) is 1. The van der Waals surface area contributed by atoms with Gasteiger partial charge in [0.1, 0.15) is 11.3 Å². The van der Waals surface area contributed by atoms with E-state index in [9.17, 15) is 4.79 Å². The van der Waals surface area contributed by atoms with Crippen molar-refractivity contribution in [2.45, 2.75) is 32.2 Å². The quantitative estimate of drug-likeness (QED) is 0.522. The number of benzene rings is 2. The highest BCUT2D eigenvalue weighted by Crippen LogP contribution is 2.34. The van der Waals surface area contributed by atoms with Gasteiger partial charge in [-0.15, -0.1) is 0 Å². The van der Waals surface area contributed by atoms with Gasteiger partial charge in [0.05, 0.1) is 18.7 Å². The van der Waals surface area contributed by atoms with Gasteiger partial charge in [0.25, 0.3) is 5.91 Å². The summed E-state index contributed by atoms with van der Waals surface area (Å²) < 4.78 is 13.9. The van der Waals surface area contributed by atoms with Crippen LogP contribution in [0.4, 0.5) is 0 Å². The zero-order valence-corrected chi connectivity index (χ0v) is 19.2. The minimum Gasteiger partial charge on any atom is -0.494 e. The molecule has 6 nitrogen and oxygen atoms in total. The molecule has 1 fully saturated rings. The number of carbonyl (C=O) groups is 1. The Hall–Kier alpha value is -2.99. The summed E-state index contributed by atoms with van der Waals surface area (Å²) in [6, 6.07) is 18.1. The molecule has 1 amide bonds. The number of carbonyl (C=O) groups excluding carboxylic acids is 1. The molecule has 0 saturated carbocycles. The van der Waals surface area contributed by atoms with E-state index in [1.54, 1.807) is 0 Å². The van der Waals surface area contributed by atoms with Crippen LogP contribution in [0.1, 0.15) is 36.0 Å². The molecule has 1 aromatic heterocycles. The maximum atomic E-state index is 13.2. The van der Waals surface area contributed by atoms with Crippen LogP contribution in [-0.2, 0) is 6.54 Å². The standard InChI is InChI=1S/C27H33N3O3/c31-26(25-23-10-4-5-11-24(23)30-15-7-19-33-27(25)30)28-20-21-12-16-29(17-13-21)14-6-18-32-22-8-2-1-3-9-22/h1-5,8-11,21H,6-7,12-20H2,(H,28,31). The molecule has 2 aliphatic rings. The van der Waals surface area contributed by atoms with Gasteiger partial charge in [-0.1, -0.05) is 36.4 Å². The summed E-state index contributed by atoms with van der Waals surface area (Å²) in [6.07, 6.45) is 4.24. The molecule has 2 aliphatic heterocycles. The number of ether oxygens (including phenoxy) is 2. The van der Waals surface area contributed by atoms with E-state index in [1.807, 2.05) is 48.5 Å². The fourth-order valence-electron chi connectivity index (χ4n) is 5.00. The molecule has 174 valence electrons. The largest absolute Gasteiger partial charge is 0.494 e. The molecule has 1 N–H and O–H groups in total. The van der Waals surface area contributed by atoms with Crippen molar-refractivity contribution < 1.29 is 14.3 Å². The number of aryl methyl sites for hydroxylation is 1. The molecule has 0 spiro atoms. The fourth-order valence-corrected chi connectivity index (χ4v) is 5.00. The second-order valence-corrected chi connectivity index (χ2v) is 9.06. The lowest BCUT2D eigenvalue weighted by molar-refractivity contribution is 0.0930. The Morgan fingerprint density at radius 3 is 2.67 bits per heavy atom. The summed E-state index contributed by atoms with van der Waals surface area (Å²) in [5.41, 5.74) is 1.78. The number of nitrogens with zero attached hydrogens (tertiary/aromatic N) is 2. The third-order valence-corrected chi connectivity index (χ3v) is 6.80. The number of piperidine rings is 1. The molecule has 0 unspecified atom stereocenters. The van der Waals surface area contributed by atoms with Gasteiger partial charge < -0.3 is 24.3 Å². The Kier molecular flexibility index (Phi) is 6.81. The van der Waals surface area contributed by atoms with Crippen molar-refractivity contribution in [1.29, 1.82) is 0 Å². The monoisotopic (exact) mass is 447 g/mol. The third-order valence-electron chi connectivity index (χ3n) is 6.80. The van der Waals surface area contributed by atoms with E-state index in [0.29, 0.717) is 18.1 Å². The Morgan fingerprint density at radius 2 is 1.82 bits per heavy atom. The summed E-state index contributed by atoms with van der Waals surface area (Å²) in [5.74, 6) is 2.18. The summed E-state index contributed by atoms with van der Waals surface area (Å²) in [5, 5.41) is 4.20. The SMILES string of the molecule is O=C(NCC1CCN(CCCOc2ccccc2)CC1)c1c2n(c3ccccc13)CCCO2. The summed E-state index contributed by atoms with van der Waals surface area (Å²) in [6.45, 7) is 6.27. The first kappa shape index (κ1) is 21.8. The van der Waals surface area contributed by atoms with Crippen LogP contribution in [-0.4, -0.2) is 54.8 Å². The van der Waals surface area contributed by atoms with Crippen LogP contribution in [0, 0.1) is 5.92 Å². The van der Waals surface area contributed by atoms with Crippen molar-refractivity contribution >= 4 is 16.8 Å². The first-order chi connectivity index (χ1) is 16.3. The van der Waals surface area contributed by atoms with Gasteiger partial charge in [0, 0.05) is 25.0 Å². The summed E-state index contributed by atoms with van der Waals surface area (Å²) in [4.78, 5) is 15.7. The number of aromatic nitrogens is 1. The van der Waals surface area contributed by atoms with Crippen LogP contribution in [0.3, 0.4) is 0 Å². The molecule has 6 heteroatoms. The van der Waals surface area contributed by atoms with E-state index < -0.39 is 0 Å². The fraction of sp³-hybridized carbons (Fsp3) is 0.444. The lowest BCUT2D eigenvalue weighted by Crippen LogP contribution is -2.39. The zero-order chi connectivity index (χ0) is 22.5. The molecule has 0 aliphatic carbocycles. The van der Waals surface area contributed by atoms with Crippen molar-refractivity contribution in [2.75, 3.05) is 39.4 Å². The molecular formula is C27H33N3O3. The van der Waals surface area contributed by atoms with Gasteiger partial charge in [-0.25, -0.2) is 0 Å². The molecule has 0 radical (unpaired) electrons. The van der Waals surface area contributed by atoms with E-state index in [-0.39, 0.29) is 5.91 Å². The van der Waals surface area contributed by atoms with Crippen LogP contribution in [0.2, 0.25) is 0 Å². The van der Waals surface area contributed by atoms with Gasteiger partial charge in [0.2, 0.25) is 5.88 Å². The van der Waals surface area contributed by atoms with Crippen LogP contribution >= 0.6 is 0 Å². The second kappa shape index (κ2) is 10.3. The van der Waals surface area contributed by atoms with Crippen molar-refractivity contribution in [2.24, 2.45) is 5.92 Å². The van der Waals surface area contributed by atoms with Crippen molar-refractivity contribution in [3.05, 3.63) is 60.2 Å². The van der Waals surface area contributed by atoms with Crippen LogP contribution in [0.25, 0.3) is 10.9 Å². The summed E-state index contributed by atoms with van der Waals surface area (Å²) >= 11 is 0. The van der Waals surface area contributed by atoms with Gasteiger partial charge >= 0.3 is 0 Å². The Labute approximate surface area is 195 Å². The minimum absolute atomic E-state index is 0.0117. The molecule has 2 aromatic carbocycles. The molecule has 1 saturated heterocycles. The smallest absolute Gasteiger partial charge is 0.257 e. The maximum Gasteiger partial charge on any atom is 0.257 e. The second-order valence-electron chi connectivity index (χ2n) is 9.06. The van der Waals surface area contributed by atoms with Crippen molar-refractivity contribution in [3.63, 3.8) is 0 Å². The first-order valence-electron chi connectivity index (χ1n) is 12.2. The lowest BCUT2D eigenvalue weighted by atomic mass is 9.96. The number of para-hydroxylation sites is 2. The lowest BCUT2D eigenvalue weighted by Gasteiger charge is -2.32. The molecule has 33 heavy (non-hydrogen) atoms. The molecule has 0 atom stereocenters. The van der Waals surface area contributed by atoms with Gasteiger partial charge in [0.15, 0.2) is 0 Å². The highest BCUT2D eigenvalue weighted by molar-refractivity contribution is 6.09. The highest BCUT2D eigenvalue weighted by Gasteiger charge is 2.27. The number of hydrogen-bond donors (Lipinski definition) is 1. The Morgan fingerprint density at radius 1 is 1.03 bits per heavy atom. The third kappa shape index (κ3) is 5.01. The number of rotatable bonds is 8. The topological polar surface area (TPSA) is 55.7 Å². The highest BCUT2D eigenvalue weighted by atomic mass is 16.5. The molecule has 3 aromatic rings. The molecular weight excluding hydrogens is 414 g/mol. The van der Waals surface area contributed by atoms with Crippen molar-refractivity contribution in [3.8, 4) is 11.6 Å². The van der Waals surface area contributed by atoms with Crippen molar-refractivity contribution in [1.82, 2.24) is 14.8 Å². The minimum atomic E-state index is -0.0117. The number of nitrogens with one attached hydrogen (secondary N) is 1. The normalized spacial score (nSPS) is 16.8. The zero-order valence-electron chi connectivity index (χ0n) is 19.2. The number of amides is 1. The summed E-state index contributed by atoms with van der Waals surface area (Å²) in [7, 11) is 0. The average Bonchev–Trinajstić information content (AvgIpc) is 3.21. The van der Waals surface area contributed by atoms with E-state index in [1.165, 1.54) is 0 Å². The maximum absolute atomic E-state index is 13.2. The molecule has 0 bridgehead atoms. The van der Waals surface area contributed by atoms with Gasteiger partial charge in [-0.3, -0.25) is 4.79 Å².